The largest absolute Gasteiger partial charge is 0.374 e. The number of hydrazine groups is 1. The normalized spacial score (nSPS) is 27.5. The fraction of sp³-hybridized carbons (Fsp3) is 1.00. The molecule has 1 aliphatic rings. The maximum Gasteiger partial charge on any atom is 0.0866 e. The SMILES string of the molecule is CCCN1CCOC(C(C)NN)C1. The van der Waals surface area contributed by atoms with Crippen LogP contribution in [0.4, 0.5) is 0 Å². The fourth-order valence-electron chi connectivity index (χ4n) is 1.66. The molecule has 2 atom stereocenters. The number of hydrogen-bond acceptors (Lipinski definition) is 4. The zero-order chi connectivity index (χ0) is 9.68. The summed E-state index contributed by atoms with van der Waals surface area (Å²) < 4.78 is 5.62. The highest BCUT2D eigenvalue weighted by Crippen LogP contribution is 2.08. The molecule has 13 heavy (non-hydrogen) atoms. The predicted octanol–water partition coefficient (Wildman–Crippen LogP) is -0.0510. The van der Waals surface area contributed by atoms with Crippen molar-refractivity contribution < 1.29 is 4.74 Å². The zero-order valence-electron chi connectivity index (χ0n) is 8.62. The third-order valence-corrected chi connectivity index (χ3v) is 2.54. The van der Waals surface area contributed by atoms with Crippen molar-refractivity contribution in [2.24, 2.45) is 5.84 Å². The molecule has 4 heteroatoms. The van der Waals surface area contributed by atoms with Gasteiger partial charge in [0.1, 0.15) is 0 Å². The van der Waals surface area contributed by atoms with Gasteiger partial charge in [-0.1, -0.05) is 6.92 Å². The van der Waals surface area contributed by atoms with E-state index in [1.165, 1.54) is 6.42 Å². The van der Waals surface area contributed by atoms with Crippen LogP contribution in [0.5, 0.6) is 0 Å². The van der Waals surface area contributed by atoms with Crippen molar-refractivity contribution >= 4 is 0 Å². The van der Waals surface area contributed by atoms with Crippen LogP contribution in [0.2, 0.25) is 0 Å². The van der Waals surface area contributed by atoms with Crippen LogP contribution < -0.4 is 11.3 Å². The van der Waals surface area contributed by atoms with E-state index in [-0.39, 0.29) is 12.1 Å². The Hall–Kier alpha value is -0.160. The van der Waals surface area contributed by atoms with Crippen molar-refractivity contribution in [2.75, 3.05) is 26.2 Å². The Balaban J connectivity index is 2.32. The predicted molar refractivity (Wildman–Crippen MR) is 53.3 cm³/mol. The summed E-state index contributed by atoms with van der Waals surface area (Å²) in [7, 11) is 0. The third-order valence-electron chi connectivity index (χ3n) is 2.54. The van der Waals surface area contributed by atoms with Crippen LogP contribution in [0.1, 0.15) is 20.3 Å². The van der Waals surface area contributed by atoms with Gasteiger partial charge >= 0.3 is 0 Å². The molecular weight excluding hydrogens is 166 g/mol. The van der Waals surface area contributed by atoms with Crippen LogP contribution in [-0.2, 0) is 4.74 Å². The number of nitrogens with one attached hydrogen (secondary N) is 1. The molecular formula is C9H21N3O. The second-order valence-electron chi connectivity index (χ2n) is 3.67. The van der Waals surface area contributed by atoms with E-state index in [2.05, 4.69) is 24.2 Å². The monoisotopic (exact) mass is 187 g/mol. The Bertz CT molecular complexity index is 141. The molecule has 0 saturated carbocycles. The van der Waals surface area contributed by atoms with E-state index in [0.29, 0.717) is 0 Å². The van der Waals surface area contributed by atoms with Gasteiger partial charge in [0.05, 0.1) is 12.7 Å². The van der Waals surface area contributed by atoms with Crippen LogP contribution in [0.15, 0.2) is 0 Å². The highest BCUT2D eigenvalue weighted by Gasteiger charge is 2.23. The Kier molecular flexibility index (Phi) is 4.66. The molecule has 0 aliphatic carbocycles. The summed E-state index contributed by atoms with van der Waals surface area (Å²) in [4.78, 5) is 2.43. The molecule has 1 saturated heterocycles. The molecule has 1 heterocycles. The molecule has 0 aromatic heterocycles. The lowest BCUT2D eigenvalue weighted by atomic mass is 10.1. The van der Waals surface area contributed by atoms with Gasteiger partial charge in [-0.25, -0.2) is 0 Å². The van der Waals surface area contributed by atoms with E-state index in [9.17, 15) is 0 Å². The van der Waals surface area contributed by atoms with Gasteiger partial charge in [-0.2, -0.15) is 0 Å². The summed E-state index contributed by atoms with van der Waals surface area (Å²) in [5.41, 5.74) is 2.75. The molecule has 78 valence electrons. The van der Waals surface area contributed by atoms with E-state index in [4.69, 9.17) is 10.6 Å². The first-order chi connectivity index (χ1) is 6.27. The molecule has 0 aromatic rings. The van der Waals surface area contributed by atoms with Crippen LogP contribution >= 0.6 is 0 Å². The van der Waals surface area contributed by atoms with E-state index in [1.54, 1.807) is 0 Å². The highest BCUT2D eigenvalue weighted by molar-refractivity contribution is 4.78. The fourth-order valence-corrected chi connectivity index (χ4v) is 1.66. The molecule has 0 spiro atoms. The average molecular weight is 187 g/mol. The second kappa shape index (κ2) is 5.54. The van der Waals surface area contributed by atoms with Crippen LogP contribution in [-0.4, -0.2) is 43.3 Å². The number of morpholine rings is 1. The highest BCUT2D eigenvalue weighted by atomic mass is 16.5. The molecule has 1 fully saturated rings. The first kappa shape index (κ1) is 10.9. The molecule has 0 amide bonds. The summed E-state index contributed by atoms with van der Waals surface area (Å²) in [6.07, 6.45) is 1.45. The van der Waals surface area contributed by atoms with E-state index in [0.717, 1.165) is 26.2 Å². The van der Waals surface area contributed by atoms with Crippen molar-refractivity contribution in [3.8, 4) is 0 Å². The van der Waals surface area contributed by atoms with E-state index >= 15 is 0 Å². The van der Waals surface area contributed by atoms with Crippen molar-refractivity contribution in [3.63, 3.8) is 0 Å². The van der Waals surface area contributed by atoms with E-state index in [1.807, 2.05) is 0 Å². The molecule has 0 bridgehead atoms. The minimum atomic E-state index is 0.236. The van der Waals surface area contributed by atoms with Crippen LogP contribution in [0.25, 0.3) is 0 Å². The first-order valence-corrected chi connectivity index (χ1v) is 5.08. The summed E-state index contributed by atoms with van der Waals surface area (Å²) in [5, 5.41) is 0. The summed E-state index contributed by atoms with van der Waals surface area (Å²) in [6, 6.07) is 0.236. The number of nitrogens with zero attached hydrogens (tertiary/aromatic N) is 1. The van der Waals surface area contributed by atoms with E-state index < -0.39 is 0 Å². The van der Waals surface area contributed by atoms with Crippen molar-refractivity contribution in [2.45, 2.75) is 32.4 Å². The van der Waals surface area contributed by atoms with Gasteiger partial charge in [0.25, 0.3) is 0 Å². The lowest BCUT2D eigenvalue weighted by Crippen LogP contribution is -2.52. The Morgan fingerprint density at radius 2 is 2.46 bits per heavy atom. The third kappa shape index (κ3) is 3.23. The zero-order valence-corrected chi connectivity index (χ0v) is 8.62. The van der Waals surface area contributed by atoms with Crippen LogP contribution in [0, 0.1) is 0 Å². The smallest absolute Gasteiger partial charge is 0.0866 e. The van der Waals surface area contributed by atoms with Crippen LogP contribution in [0.3, 0.4) is 0 Å². The lowest BCUT2D eigenvalue weighted by Gasteiger charge is -2.35. The van der Waals surface area contributed by atoms with Crippen molar-refractivity contribution in [3.05, 3.63) is 0 Å². The number of hydrogen-bond donors (Lipinski definition) is 2. The molecule has 1 rings (SSSR count). The van der Waals surface area contributed by atoms with Gasteiger partial charge in [0.15, 0.2) is 0 Å². The maximum atomic E-state index is 5.62. The Morgan fingerprint density at radius 3 is 3.08 bits per heavy atom. The number of rotatable bonds is 4. The van der Waals surface area contributed by atoms with Crippen molar-refractivity contribution in [1.82, 2.24) is 10.3 Å². The Morgan fingerprint density at radius 1 is 1.69 bits per heavy atom. The lowest BCUT2D eigenvalue weighted by molar-refractivity contribution is -0.0432. The molecule has 3 N–H and O–H groups in total. The number of ether oxygens (including phenoxy) is 1. The average Bonchev–Trinajstić information content (AvgIpc) is 2.18. The molecule has 0 aromatic carbocycles. The quantitative estimate of drug-likeness (QED) is 0.478. The number of nitrogens with two attached hydrogens (primary N) is 1. The topological polar surface area (TPSA) is 50.5 Å². The minimum Gasteiger partial charge on any atom is -0.374 e. The Labute approximate surface area is 80.4 Å². The molecule has 4 nitrogen and oxygen atoms in total. The molecule has 0 radical (unpaired) electrons. The maximum absolute atomic E-state index is 5.62. The minimum absolute atomic E-state index is 0.236. The summed E-state index contributed by atoms with van der Waals surface area (Å²) >= 11 is 0. The van der Waals surface area contributed by atoms with Gasteiger partial charge < -0.3 is 4.74 Å². The van der Waals surface area contributed by atoms with Gasteiger partial charge in [-0.3, -0.25) is 16.2 Å². The van der Waals surface area contributed by atoms with Gasteiger partial charge in [0.2, 0.25) is 0 Å². The van der Waals surface area contributed by atoms with Gasteiger partial charge in [-0.05, 0) is 19.9 Å². The standard InChI is InChI=1S/C9H21N3O/c1-3-4-12-5-6-13-9(7-12)8(2)11-10/h8-9,11H,3-7,10H2,1-2H3. The summed E-state index contributed by atoms with van der Waals surface area (Å²) in [5.74, 6) is 5.37. The second-order valence-corrected chi connectivity index (χ2v) is 3.67. The first-order valence-electron chi connectivity index (χ1n) is 5.08. The van der Waals surface area contributed by atoms with Crippen molar-refractivity contribution in [1.29, 1.82) is 0 Å². The summed E-state index contributed by atoms with van der Waals surface area (Å²) in [6.45, 7) is 8.31. The van der Waals surface area contributed by atoms with Gasteiger partial charge in [-0.15, -0.1) is 0 Å². The molecule has 1 aliphatic heterocycles. The van der Waals surface area contributed by atoms with Gasteiger partial charge in [0, 0.05) is 19.1 Å². The molecule has 2 unspecified atom stereocenters.